The molecule has 0 unspecified atom stereocenters. The van der Waals surface area contributed by atoms with E-state index in [4.69, 9.17) is 0 Å². The zero-order valence-corrected chi connectivity index (χ0v) is 13.4. The Bertz CT molecular complexity index is 598. The second kappa shape index (κ2) is 4.75. The molecule has 3 aromatic heterocycles. The van der Waals surface area contributed by atoms with E-state index in [1.165, 1.54) is 17.5 Å². The summed E-state index contributed by atoms with van der Waals surface area (Å²) in [6, 6.07) is 8.45. The standard InChI is InChI=1S/C11H7IN2S3/c1-6-2-3-7(15-6)10-13-14-11(17-10)8-4-5-9(12)16-8/h2-5H,1H3. The van der Waals surface area contributed by atoms with Crippen LogP contribution in [-0.2, 0) is 0 Å². The van der Waals surface area contributed by atoms with Crippen molar-refractivity contribution in [3.63, 3.8) is 0 Å². The van der Waals surface area contributed by atoms with Crippen LogP contribution in [0.1, 0.15) is 4.88 Å². The fraction of sp³-hybridized carbons (Fsp3) is 0.0909. The molecular formula is C11H7IN2S3. The highest BCUT2D eigenvalue weighted by molar-refractivity contribution is 14.1. The maximum atomic E-state index is 4.27. The van der Waals surface area contributed by atoms with Crippen LogP contribution in [0.25, 0.3) is 19.8 Å². The number of rotatable bonds is 2. The van der Waals surface area contributed by atoms with Crippen molar-refractivity contribution in [3.8, 4) is 19.8 Å². The molecule has 0 aliphatic heterocycles. The lowest BCUT2D eigenvalue weighted by Crippen LogP contribution is -1.71. The van der Waals surface area contributed by atoms with Gasteiger partial charge in [0.05, 0.1) is 12.6 Å². The van der Waals surface area contributed by atoms with Crippen molar-refractivity contribution in [3.05, 3.63) is 32.0 Å². The van der Waals surface area contributed by atoms with Gasteiger partial charge in [0.25, 0.3) is 0 Å². The van der Waals surface area contributed by atoms with E-state index in [2.05, 4.69) is 64.0 Å². The summed E-state index contributed by atoms with van der Waals surface area (Å²) < 4.78 is 1.28. The van der Waals surface area contributed by atoms with Gasteiger partial charge in [-0.25, -0.2) is 0 Å². The summed E-state index contributed by atoms with van der Waals surface area (Å²) in [5, 5.41) is 10.6. The molecule has 3 rings (SSSR count). The predicted molar refractivity (Wildman–Crippen MR) is 84.0 cm³/mol. The van der Waals surface area contributed by atoms with Crippen molar-refractivity contribution in [2.24, 2.45) is 0 Å². The van der Waals surface area contributed by atoms with E-state index in [1.807, 2.05) is 0 Å². The van der Waals surface area contributed by atoms with E-state index in [0.717, 1.165) is 10.0 Å². The number of hydrogen-bond donors (Lipinski definition) is 0. The average molecular weight is 390 g/mol. The van der Waals surface area contributed by atoms with Crippen molar-refractivity contribution < 1.29 is 0 Å². The molecule has 0 saturated carbocycles. The monoisotopic (exact) mass is 390 g/mol. The number of thiophene rings is 2. The van der Waals surface area contributed by atoms with Crippen LogP contribution in [0.3, 0.4) is 0 Å². The van der Waals surface area contributed by atoms with Gasteiger partial charge in [-0.2, -0.15) is 0 Å². The normalized spacial score (nSPS) is 10.9. The molecule has 0 amide bonds. The zero-order chi connectivity index (χ0) is 11.8. The Labute approximate surface area is 125 Å². The number of aromatic nitrogens is 2. The third-order valence-electron chi connectivity index (χ3n) is 2.16. The fourth-order valence-corrected chi connectivity index (χ4v) is 4.83. The van der Waals surface area contributed by atoms with Crippen molar-refractivity contribution in [2.45, 2.75) is 6.92 Å². The zero-order valence-electron chi connectivity index (χ0n) is 8.81. The topological polar surface area (TPSA) is 25.8 Å². The van der Waals surface area contributed by atoms with Crippen molar-refractivity contribution in [2.75, 3.05) is 0 Å². The Morgan fingerprint density at radius 1 is 0.882 bits per heavy atom. The number of hydrogen-bond acceptors (Lipinski definition) is 5. The predicted octanol–water partition coefficient (Wildman–Crippen LogP) is 4.91. The molecule has 0 bridgehead atoms. The first-order chi connectivity index (χ1) is 8.22. The molecule has 0 N–H and O–H groups in total. The Balaban J connectivity index is 1.98. The highest BCUT2D eigenvalue weighted by Crippen LogP contribution is 2.36. The van der Waals surface area contributed by atoms with Gasteiger partial charge in [-0.3, -0.25) is 0 Å². The van der Waals surface area contributed by atoms with E-state index >= 15 is 0 Å². The summed E-state index contributed by atoms with van der Waals surface area (Å²) in [5.41, 5.74) is 0. The first-order valence-electron chi connectivity index (χ1n) is 4.88. The lowest BCUT2D eigenvalue weighted by atomic mass is 10.4. The third kappa shape index (κ3) is 2.44. The Morgan fingerprint density at radius 3 is 2.06 bits per heavy atom. The molecule has 0 atom stereocenters. The lowest BCUT2D eigenvalue weighted by Gasteiger charge is -1.85. The minimum absolute atomic E-state index is 1.01. The fourth-order valence-electron chi connectivity index (χ4n) is 1.40. The molecule has 17 heavy (non-hydrogen) atoms. The lowest BCUT2D eigenvalue weighted by molar-refractivity contribution is 1.11. The van der Waals surface area contributed by atoms with Gasteiger partial charge >= 0.3 is 0 Å². The minimum Gasteiger partial charge on any atom is -0.138 e. The van der Waals surface area contributed by atoms with Gasteiger partial charge in [0.15, 0.2) is 10.0 Å². The molecule has 6 heteroatoms. The maximum absolute atomic E-state index is 4.27. The molecule has 0 aromatic carbocycles. The first kappa shape index (κ1) is 11.8. The van der Waals surface area contributed by atoms with Crippen LogP contribution in [0.5, 0.6) is 0 Å². The highest BCUT2D eigenvalue weighted by atomic mass is 127. The quantitative estimate of drug-likeness (QED) is 0.582. The smallest absolute Gasteiger partial charge is 0.138 e. The van der Waals surface area contributed by atoms with Gasteiger partial charge in [-0.1, -0.05) is 11.3 Å². The second-order valence-corrected chi connectivity index (χ2v) is 8.67. The molecule has 3 aromatic rings. The number of aryl methyl sites for hydroxylation is 1. The van der Waals surface area contributed by atoms with Crippen LogP contribution < -0.4 is 0 Å². The maximum Gasteiger partial charge on any atom is 0.158 e. The van der Waals surface area contributed by atoms with Crippen LogP contribution in [0.2, 0.25) is 0 Å². The van der Waals surface area contributed by atoms with E-state index in [9.17, 15) is 0 Å². The Morgan fingerprint density at radius 2 is 1.53 bits per heavy atom. The average Bonchev–Trinajstić information content (AvgIpc) is 2.96. The van der Waals surface area contributed by atoms with Crippen molar-refractivity contribution >= 4 is 56.6 Å². The molecule has 0 fully saturated rings. The second-order valence-electron chi connectivity index (χ2n) is 3.43. The summed E-state index contributed by atoms with van der Waals surface area (Å²) in [4.78, 5) is 3.71. The largest absolute Gasteiger partial charge is 0.158 e. The van der Waals surface area contributed by atoms with E-state index in [1.54, 1.807) is 34.0 Å². The SMILES string of the molecule is Cc1ccc(-c2nnc(-c3ccc(I)s3)s2)s1. The van der Waals surface area contributed by atoms with Crippen LogP contribution >= 0.6 is 56.6 Å². The summed E-state index contributed by atoms with van der Waals surface area (Å²) >= 11 is 7.50. The van der Waals surface area contributed by atoms with Gasteiger partial charge < -0.3 is 0 Å². The molecular weight excluding hydrogens is 383 g/mol. The van der Waals surface area contributed by atoms with Gasteiger partial charge in [0, 0.05) is 4.88 Å². The van der Waals surface area contributed by atoms with E-state index < -0.39 is 0 Å². The summed E-state index contributed by atoms with van der Waals surface area (Å²) in [5.74, 6) is 0. The van der Waals surface area contributed by atoms with E-state index in [-0.39, 0.29) is 0 Å². The summed E-state index contributed by atoms with van der Waals surface area (Å²) in [6.45, 7) is 2.11. The first-order valence-corrected chi connectivity index (χ1v) is 8.41. The number of halogens is 1. The van der Waals surface area contributed by atoms with Gasteiger partial charge in [-0.05, 0) is 53.8 Å². The van der Waals surface area contributed by atoms with Crippen molar-refractivity contribution in [1.29, 1.82) is 0 Å². The molecule has 0 aliphatic rings. The van der Waals surface area contributed by atoms with Crippen LogP contribution in [-0.4, -0.2) is 10.2 Å². The van der Waals surface area contributed by atoms with Gasteiger partial charge in [-0.15, -0.1) is 32.9 Å². The van der Waals surface area contributed by atoms with E-state index in [0.29, 0.717) is 0 Å². The number of nitrogens with zero attached hydrogens (tertiary/aromatic N) is 2. The molecule has 0 aliphatic carbocycles. The molecule has 0 radical (unpaired) electrons. The highest BCUT2D eigenvalue weighted by Gasteiger charge is 2.11. The summed E-state index contributed by atoms with van der Waals surface area (Å²) in [7, 11) is 0. The third-order valence-corrected chi connectivity index (χ3v) is 6.32. The molecule has 3 heterocycles. The van der Waals surface area contributed by atoms with Gasteiger partial charge in [0.2, 0.25) is 0 Å². The molecule has 0 spiro atoms. The van der Waals surface area contributed by atoms with Crippen molar-refractivity contribution in [1.82, 2.24) is 10.2 Å². The minimum atomic E-state index is 1.01. The Hall–Kier alpha value is -0.310. The van der Waals surface area contributed by atoms with Crippen LogP contribution in [0.15, 0.2) is 24.3 Å². The Kier molecular flexibility index (Phi) is 3.29. The molecule has 86 valence electrons. The summed E-state index contributed by atoms with van der Waals surface area (Å²) in [6.07, 6.45) is 0. The van der Waals surface area contributed by atoms with Gasteiger partial charge in [0.1, 0.15) is 0 Å². The molecule has 2 nitrogen and oxygen atoms in total. The van der Waals surface area contributed by atoms with Crippen LogP contribution in [0, 0.1) is 9.81 Å². The molecule has 0 saturated heterocycles. The van der Waals surface area contributed by atoms with Crippen LogP contribution in [0.4, 0.5) is 0 Å².